The van der Waals surface area contributed by atoms with Gasteiger partial charge >= 0.3 is 0 Å². The standard InChI is InChI=1S/C25H34/c1-6-9-21-17-25(5)22(14-15-23(25)16-19(21)4)13-12-20-10-7-8-11-24(20)18(2)3/h6-11,16,18,22H,12-15,17H2,1-5H3/b9-6-. The van der Waals surface area contributed by atoms with Crippen molar-refractivity contribution in [2.24, 2.45) is 11.3 Å². The lowest BCUT2D eigenvalue weighted by atomic mass is 9.67. The van der Waals surface area contributed by atoms with Crippen molar-refractivity contribution in [2.45, 2.75) is 72.6 Å². The summed E-state index contributed by atoms with van der Waals surface area (Å²) in [6.45, 7) is 11.6. The minimum atomic E-state index is 0.376. The van der Waals surface area contributed by atoms with E-state index >= 15 is 0 Å². The molecule has 2 aliphatic rings. The second-order valence-electron chi connectivity index (χ2n) is 8.60. The normalized spacial score (nSPS) is 26.5. The molecule has 1 aromatic rings. The Morgan fingerprint density at radius 3 is 2.72 bits per heavy atom. The summed E-state index contributed by atoms with van der Waals surface area (Å²) >= 11 is 0. The van der Waals surface area contributed by atoms with E-state index in [1.165, 1.54) is 43.2 Å². The van der Waals surface area contributed by atoms with Crippen LogP contribution >= 0.6 is 0 Å². The van der Waals surface area contributed by atoms with Gasteiger partial charge in [-0.15, -0.1) is 0 Å². The molecule has 0 bridgehead atoms. The number of benzene rings is 1. The number of allylic oxidation sites excluding steroid dienone is 6. The Kier molecular flexibility index (Phi) is 5.37. The Hall–Kier alpha value is -1.56. The van der Waals surface area contributed by atoms with Gasteiger partial charge < -0.3 is 0 Å². The topological polar surface area (TPSA) is 0 Å². The molecule has 25 heavy (non-hydrogen) atoms. The highest BCUT2D eigenvalue weighted by Crippen LogP contribution is 2.55. The van der Waals surface area contributed by atoms with Gasteiger partial charge in [-0.2, -0.15) is 0 Å². The second-order valence-corrected chi connectivity index (χ2v) is 8.60. The Balaban J connectivity index is 1.77. The molecule has 0 saturated heterocycles. The van der Waals surface area contributed by atoms with Crippen LogP contribution in [-0.2, 0) is 6.42 Å². The SMILES string of the molecule is C/C=C\C1=C(C)C=C2CCC(CCc3ccccc3C(C)C)C2(C)C1. The van der Waals surface area contributed by atoms with Gasteiger partial charge in [-0.1, -0.05) is 68.8 Å². The number of hydrogen-bond acceptors (Lipinski definition) is 0. The van der Waals surface area contributed by atoms with Crippen molar-refractivity contribution in [1.29, 1.82) is 0 Å². The van der Waals surface area contributed by atoms with Gasteiger partial charge in [0, 0.05) is 0 Å². The highest BCUT2D eigenvalue weighted by atomic mass is 14.5. The van der Waals surface area contributed by atoms with Crippen LogP contribution in [0.5, 0.6) is 0 Å². The fourth-order valence-electron chi connectivity index (χ4n) is 5.09. The predicted molar refractivity (Wildman–Crippen MR) is 110 cm³/mol. The molecule has 2 aliphatic carbocycles. The Bertz CT molecular complexity index is 713. The Labute approximate surface area is 154 Å². The monoisotopic (exact) mass is 334 g/mol. The van der Waals surface area contributed by atoms with Crippen molar-refractivity contribution in [2.75, 3.05) is 0 Å². The third-order valence-corrected chi connectivity index (χ3v) is 6.66. The zero-order chi connectivity index (χ0) is 18.0. The first-order valence-corrected chi connectivity index (χ1v) is 10.1. The Morgan fingerprint density at radius 2 is 2.00 bits per heavy atom. The fourth-order valence-corrected chi connectivity index (χ4v) is 5.09. The lowest BCUT2D eigenvalue weighted by molar-refractivity contribution is 0.255. The van der Waals surface area contributed by atoms with Crippen LogP contribution in [-0.4, -0.2) is 0 Å². The minimum Gasteiger partial charge on any atom is -0.0874 e. The summed E-state index contributed by atoms with van der Waals surface area (Å²) in [5.41, 5.74) is 8.21. The highest BCUT2D eigenvalue weighted by Gasteiger charge is 2.43. The van der Waals surface area contributed by atoms with Crippen LogP contribution < -0.4 is 0 Å². The summed E-state index contributed by atoms with van der Waals surface area (Å²) in [4.78, 5) is 0. The molecule has 0 spiro atoms. The predicted octanol–water partition coefficient (Wildman–Crippen LogP) is 7.38. The molecular formula is C25H34. The first-order valence-electron chi connectivity index (χ1n) is 10.1. The average molecular weight is 335 g/mol. The van der Waals surface area contributed by atoms with Gasteiger partial charge in [0.1, 0.15) is 0 Å². The van der Waals surface area contributed by atoms with E-state index in [1.807, 2.05) is 0 Å². The third kappa shape index (κ3) is 3.54. The van der Waals surface area contributed by atoms with E-state index in [0.29, 0.717) is 11.3 Å². The molecule has 2 atom stereocenters. The Morgan fingerprint density at radius 1 is 1.24 bits per heavy atom. The lowest BCUT2D eigenvalue weighted by Gasteiger charge is -2.37. The molecule has 0 radical (unpaired) electrons. The minimum absolute atomic E-state index is 0.376. The maximum atomic E-state index is 2.53. The molecule has 3 rings (SSSR count). The maximum absolute atomic E-state index is 2.53. The number of fused-ring (bicyclic) bond motifs is 1. The molecule has 134 valence electrons. The summed E-state index contributed by atoms with van der Waals surface area (Å²) in [6.07, 6.45) is 13.5. The molecule has 0 aliphatic heterocycles. The molecule has 2 unspecified atom stereocenters. The lowest BCUT2D eigenvalue weighted by Crippen LogP contribution is -2.27. The van der Waals surface area contributed by atoms with E-state index in [1.54, 1.807) is 16.7 Å². The number of aryl methyl sites for hydroxylation is 1. The molecule has 0 nitrogen and oxygen atoms in total. The number of hydrogen-bond donors (Lipinski definition) is 0. The maximum Gasteiger partial charge on any atom is -0.00443 e. The smallest absolute Gasteiger partial charge is 0.00443 e. The molecule has 0 amide bonds. The molecule has 0 aromatic heterocycles. The molecule has 1 saturated carbocycles. The largest absolute Gasteiger partial charge is 0.0874 e. The van der Waals surface area contributed by atoms with Crippen molar-refractivity contribution in [3.05, 3.63) is 70.3 Å². The summed E-state index contributed by atoms with van der Waals surface area (Å²) < 4.78 is 0. The summed E-state index contributed by atoms with van der Waals surface area (Å²) in [6, 6.07) is 9.06. The highest BCUT2D eigenvalue weighted by molar-refractivity contribution is 5.43. The summed E-state index contributed by atoms with van der Waals surface area (Å²) in [7, 11) is 0. The molecule has 0 N–H and O–H groups in total. The van der Waals surface area contributed by atoms with E-state index in [-0.39, 0.29) is 0 Å². The molecular weight excluding hydrogens is 300 g/mol. The second kappa shape index (κ2) is 7.36. The van der Waals surface area contributed by atoms with Crippen LogP contribution in [0.4, 0.5) is 0 Å². The first-order chi connectivity index (χ1) is 12.0. The van der Waals surface area contributed by atoms with Crippen LogP contribution in [0.15, 0.2) is 59.2 Å². The zero-order valence-corrected chi connectivity index (χ0v) is 16.7. The molecule has 0 heterocycles. The van der Waals surface area contributed by atoms with Crippen LogP contribution in [0.1, 0.15) is 77.3 Å². The van der Waals surface area contributed by atoms with Gasteiger partial charge in [0.25, 0.3) is 0 Å². The van der Waals surface area contributed by atoms with Gasteiger partial charge in [-0.3, -0.25) is 0 Å². The summed E-state index contributed by atoms with van der Waals surface area (Å²) in [5, 5.41) is 0. The quantitative estimate of drug-likeness (QED) is 0.527. The van der Waals surface area contributed by atoms with Gasteiger partial charge in [0.05, 0.1) is 0 Å². The van der Waals surface area contributed by atoms with Crippen LogP contribution in [0.25, 0.3) is 0 Å². The van der Waals surface area contributed by atoms with Crippen molar-refractivity contribution in [1.82, 2.24) is 0 Å². The van der Waals surface area contributed by atoms with Gasteiger partial charge in [0.2, 0.25) is 0 Å². The van der Waals surface area contributed by atoms with Gasteiger partial charge in [-0.05, 0) is 85.5 Å². The van der Waals surface area contributed by atoms with Crippen LogP contribution in [0.2, 0.25) is 0 Å². The van der Waals surface area contributed by atoms with Gasteiger partial charge in [-0.25, -0.2) is 0 Å². The van der Waals surface area contributed by atoms with Crippen molar-refractivity contribution >= 4 is 0 Å². The van der Waals surface area contributed by atoms with E-state index in [9.17, 15) is 0 Å². The first kappa shape index (κ1) is 18.2. The van der Waals surface area contributed by atoms with Crippen LogP contribution in [0, 0.1) is 11.3 Å². The van der Waals surface area contributed by atoms with Crippen molar-refractivity contribution < 1.29 is 0 Å². The third-order valence-electron chi connectivity index (χ3n) is 6.66. The van der Waals surface area contributed by atoms with E-state index in [2.05, 4.69) is 77.1 Å². The number of rotatable bonds is 5. The van der Waals surface area contributed by atoms with Gasteiger partial charge in [0.15, 0.2) is 0 Å². The van der Waals surface area contributed by atoms with Crippen molar-refractivity contribution in [3.8, 4) is 0 Å². The van der Waals surface area contributed by atoms with Crippen molar-refractivity contribution in [3.63, 3.8) is 0 Å². The average Bonchev–Trinajstić information content (AvgIpc) is 2.89. The van der Waals surface area contributed by atoms with E-state index in [4.69, 9.17) is 0 Å². The summed E-state index contributed by atoms with van der Waals surface area (Å²) in [5.74, 6) is 1.43. The molecule has 0 heteroatoms. The molecule has 1 aromatic carbocycles. The fraction of sp³-hybridized carbons (Fsp3) is 0.520. The molecule has 1 fully saturated rings. The zero-order valence-electron chi connectivity index (χ0n) is 16.7. The van der Waals surface area contributed by atoms with E-state index in [0.717, 1.165) is 5.92 Å². The van der Waals surface area contributed by atoms with Crippen LogP contribution in [0.3, 0.4) is 0 Å². The van der Waals surface area contributed by atoms with E-state index < -0.39 is 0 Å².